The number of fused-ring (bicyclic) bond motifs is 1. The molecule has 0 bridgehead atoms. The third-order valence-corrected chi connectivity index (χ3v) is 6.16. The van der Waals surface area contributed by atoms with Gasteiger partial charge in [-0.05, 0) is 24.6 Å². The molecule has 2 N–H and O–H groups in total. The Labute approximate surface area is 192 Å². The number of hydrogen-bond donors (Lipinski definition) is 2. The largest absolute Gasteiger partial charge is 0.497 e. The topological polar surface area (TPSA) is 86.0 Å². The first-order chi connectivity index (χ1) is 15.6. The molecular weight excluding hydrogens is 461 g/mol. The third kappa shape index (κ3) is 4.37. The molecule has 0 fully saturated rings. The second kappa shape index (κ2) is 8.62. The summed E-state index contributed by atoms with van der Waals surface area (Å²) in [5.74, 6) is -0.129. The van der Waals surface area contributed by atoms with Crippen molar-refractivity contribution in [3.8, 4) is 5.75 Å². The van der Waals surface area contributed by atoms with Crippen LogP contribution in [0.3, 0.4) is 0 Å². The maximum Gasteiger partial charge on any atom is 0.410 e. The van der Waals surface area contributed by atoms with Crippen molar-refractivity contribution in [1.82, 2.24) is 24.9 Å². The van der Waals surface area contributed by atoms with Gasteiger partial charge in [0.25, 0.3) is 5.91 Å². The van der Waals surface area contributed by atoms with E-state index >= 15 is 0 Å². The van der Waals surface area contributed by atoms with Gasteiger partial charge in [0.15, 0.2) is 11.7 Å². The number of nitrogens with one attached hydrogen (secondary N) is 2. The molecule has 1 aromatic carbocycles. The zero-order chi connectivity index (χ0) is 23.9. The van der Waals surface area contributed by atoms with Crippen molar-refractivity contribution in [3.63, 3.8) is 0 Å². The van der Waals surface area contributed by atoms with Crippen LogP contribution in [0.2, 0.25) is 5.02 Å². The predicted octanol–water partition coefficient (Wildman–Crippen LogP) is 4.18. The number of amides is 1. The van der Waals surface area contributed by atoms with Crippen LogP contribution in [-0.4, -0.2) is 38.8 Å². The third-order valence-electron chi connectivity index (χ3n) is 5.81. The second-order valence-electron chi connectivity index (χ2n) is 7.78. The van der Waals surface area contributed by atoms with Gasteiger partial charge in [-0.15, -0.1) is 0 Å². The Morgan fingerprint density at radius 1 is 1.33 bits per heavy atom. The zero-order valence-corrected chi connectivity index (χ0v) is 18.8. The first kappa shape index (κ1) is 23.0. The molecule has 0 saturated heterocycles. The van der Waals surface area contributed by atoms with Gasteiger partial charge in [0, 0.05) is 31.3 Å². The van der Waals surface area contributed by atoms with E-state index in [-0.39, 0.29) is 29.5 Å². The molecule has 3 heterocycles. The lowest BCUT2D eigenvalue weighted by Crippen LogP contribution is -2.35. The fraction of sp³-hybridized carbons (Fsp3) is 0.381. The highest BCUT2D eigenvalue weighted by atomic mass is 35.5. The van der Waals surface area contributed by atoms with Crippen LogP contribution in [0.4, 0.5) is 19.0 Å². The van der Waals surface area contributed by atoms with Crippen LogP contribution in [-0.2, 0) is 13.6 Å². The molecule has 12 heteroatoms. The monoisotopic (exact) mass is 482 g/mol. The number of ether oxygens (including phenoxy) is 1. The first-order valence-electron chi connectivity index (χ1n) is 10.1. The Kier molecular flexibility index (Phi) is 6.00. The standard InChI is InChI=1S/C21H22ClF3N6O2/c1-11-13(10-27-30(11)2)9-26-20(32)18-17(22)19-28-15(12-4-6-14(33-3)7-5-12)8-16(21(23,24)25)31(19)29-18/h4-7,10,15-16,28H,8-9H2,1-3H3,(H,26,32)/t15-,16+/m0/s1. The number of carbonyl (C=O) groups excluding carboxylic acids is 1. The molecule has 0 saturated carbocycles. The number of aromatic nitrogens is 4. The van der Waals surface area contributed by atoms with Crippen LogP contribution < -0.4 is 15.4 Å². The van der Waals surface area contributed by atoms with Crippen LogP contribution in [0, 0.1) is 6.92 Å². The van der Waals surface area contributed by atoms with E-state index in [1.54, 1.807) is 42.2 Å². The minimum atomic E-state index is -4.59. The van der Waals surface area contributed by atoms with E-state index in [0.29, 0.717) is 11.3 Å². The maximum absolute atomic E-state index is 13.9. The molecule has 8 nitrogen and oxygen atoms in total. The highest BCUT2D eigenvalue weighted by Gasteiger charge is 2.47. The molecule has 2 aromatic heterocycles. The van der Waals surface area contributed by atoms with Gasteiger partial charge in [0.05, 0.1) is 19.3 Å². The summed E-state index contributed by atoms with van der Waals surface area (Å²) in [6, 6.07) is 4.10. The summed E-state index contributed by atoms with van der Waals surface area (Å²) in [6.07, 6.45) is -3.29. The van der Waals surface area contributed by atoms with Crippen LogP contribution in [0.1, 0.15) is 45.8 Å². The smallest absolute Gasteiger partial charge is 0.410 e. The number of anilines is 1. The molecule has 4 rings (SSSR count). The number of halogens is 4. The van der Waals surface area contributed by atoms with Crippen molar-refractivity contribution in [1.29, 1.82) is 0 Å². The number of nitrogens with zero attached hydrogens (tertiary/aromatic N) is 4. The van der Waals surface area contributed by atoms with Gasteiger partial charge in [0.1, 0.15) is 16.6 Å². The SMILES string of the molecule is COc1ccc([C@@H]2C[C@H](C(F)(F)F)n3nc(C(=O)NCc4cnn(C)c4C)c(Cl)c3N2)cc1. The average molecular weight is 483 g/mol. The van der Waals surface area contributed by atoms with E-state index < -0.39 is 24.2 Å². The van der Waals surface area contributed by atoms with Crippen molar-refractivity contribution in [2.75, 3.05) is 12.4 Å². The van der Waals surface area contributed by atoms with Crippen molar-refractivity contribution < 1.29 is 22.7 Å². The highest BCUT2D eigenvalue weighted by Crippen LogP contribution is 2.46. The number of benzene rings is 1. The Bertz CT molecular complexity index is 1170. The predicted molar refractivity (Wildman–Crippen MR) is 115 cm³/mol. The van der Waals surface area contributed by atoms with Gasteiger partial charge in [0.2, 0.25) is 0 Å². The average Bonchev–Trinajstić information content (AvgIpc) is 3.30. The lowest BCUT2D eigenvalue weighted by atomic mass is 9.97. The van der Waals surface area contributed by atoms with Gasteiger partial charge in [-0.1, -0.05) is 23.7 Å². The maximum atomic E-state index is 13.9. The molecule has 0 aliphatic carbocycles. The molecule has 0 radical (unpaired) electrons. The van der Waals surface area contributed by atoms with E-state index in [1.165, 1.54) is 7.11 Å². The van der Waals surface area contributed by atoms with Crippen LogP contribution >= 0.6 is 11.6 Å². The number of hydrogen-bond acceptors (Lipinski definition) is 5. The number of rotatable bonds is 5. The Balaban J connectivity index is 1.62. The normalized spacial score (nSPS) is 17.9. The number of carbonyl (C=O) groups is 1. The molecule has 1 aliphatic heterocycles. The summed E-state index contributed by atoms with van der Waals surface area (Å²) in [5, 5.41) is 13.5. The van der Waals surface area contributed by atoms with E-state index in [1.807, 2.05) is 6.92 Å². The van der Waals surface area contributed by atoms with E-state index in [4.69, 9.17) is 16.3 Å². The lowest BCUT2D eigenvalue weighted by Gasteiger charge is -2.33. The summed E-state index contributed by atoms with van der Waals surface area (Å²) in [7, 11) is 3.28. The Morgan fingerprint density at radius 2 is 2.03 bits per heavy atom. The lowest BCUT2D eigenvalue weighted by molar-refractivity contribution is -0.173. The summed E-state index contributed by atoms with van der Waals surface area (Å²) in [5.41, 5.74) is 1.99. The van der Waals surface area contributed by atoms with Crippen molar-refractivity contribution in [2.45, 2.75) is 38.1 Å². The molecule has 3 aromatic rings. The van der Waals surface area contributed by atoms with Crippen LogP contribution in [0.15, 0.2) is 30.5 Å². The first-order valence-corrected chi connectivity index (χ1v) is 10.5. The Morgan fingerprint density at radius 3 is 2.61 bits per heavy atom. The minimum Gasteiger partial charge on any atom is -0.497 e. The van der Waals surface area contributed by atoms with Gasteiger partial charge >= 0.3 is 6.18 Å². The summed E-state index contributed by atoms with van der Waals surface area (Å²) in [4.78, 5) is 12.7. The molecule has 2 atom stereocenters. The van der Waals surface area contributed by atoms with Crippen LogP contribution in [0.25, 0.3) is 0 Å². The molecule has 0 unspecified atom stereocenters. The summed E-state index contributed by atoms with van der Waals surface area (Å²) in [6.45, 7) is 1.98. The highest BCUT2D eigenvalue weighted by molar-refractivity contribution is 6.36. The Hall–Kier alpha value is -3.21. The quantitative estimate of drug-likeness (QED) is 0.570. The molecule has 1 amide bonds. The summed E-state index contributed by atoms with van der Waals surface area (Å²) < 4.78 is 49.3. The van der Waals surface area contributed by atoms with Gasteiger partial charge in [-0.2, -0.15) is 23.4 Å². The van der Waals surface area contributed by atoms with Crippen molar-refractivity contribution in [3.05, 3.63) is 58.0 Å². The van der Waals surface area contributed by atoms with E-state index in [2.05, 4.69) is 20.8 Å². The van der Waals surface area contributed by atoms with E-state index in [9.17, 15) is 18.0 Å². The fourth-order valence-electron chi connectivity index (χ4n) is 3.77. The molecule has 1 aliphatic rings. The zero-order valence-electron chi connectivity index (χ0n) is 18.1. The number of methoxy groups -OCH3 is 1. The van der Waals surface area contributed by atoms with Gasteiger partial charge < -0.3 is 15.4 Å². The number of alkyl halides is 3. The van der Waals surface area contributed by atoms with Crippen LogP contribution in [0.5, 0.6) is 5.75 Å². The molecule has 33 heavy (non-hydrogen) atoms. The fourth-order valence-corrected chi connectivity index (χ4v) is 4.03. The molecule has 0 spiro atoms. The van der Waals surface area contributed by atoms with Crippen molar-refractivity contribution in [2.24, 2.45) is 7.05 Å². The van der Waals surface area contributed by atoms with E-state index in [0.717, 1.165) is 15.9 Å². The number of aryl methyl sites for hydroxylation is 1. The molecular formula is C21H22ClF3N6O2. The van der Waals surface area contributed by atoms with Gasteiger partial charge in [-0.25, -0.2) is 4.68 Å². The van der Waals surface area contributed by atoms with Gasteiger partial charge in [-0.3, -0.25) is 9.48 Å². The summed E-state index contributed by atoms with van der Waals surface area (Å²) >= 11 is 6.36. The minimum absolute atomic E-state index is 0.0474. The van der Waals surface area contributed by atoms with Crippen molar-refractivity contribution >= 4 is 23.3 Å². The second-order valence-corrected chi connectivity index (χ2v) is 8.16. The molecule has 176 valence electrons.